The number of halogens is 3. The lowest BCUT2D eigenvalue weighted by molar-refractivity contribution is 0.223. The summed E-state index contributed by atoms with van der Waals surface area (Å²) >= 11 is 0. The van der Waals surface area contributed by atoms with Crippen LogP contribution in [-0.2, 0) is 6.54 Å². The average Bonchev–Trinajstić information content (AvgIpc) is 2.67. The molecule has 1 unspecified atom stereocenters. The summed E-state index contributed by atoms with van der Waals surface area (Å²) in [5.74, 6) is 0.362. The van der Waals surface area contributed by atoms with Crippen molar-refractivity contribution in [2.45, 2.75) is 26.5 Å². The van der Waals surface area contributed by atoms with E-state index in [9.17, 15) is 8.78 Å². The van der Waals surface area contributed by atoms with Gasteiger partial charge in [0.2, 0.25) is 0 Å². The first-order valence-corrected chi connectivity index (χ1v) is 8.64. The van der Waals surface area contributed by atoms with Crippen molar-refractivity contribution in [1.82, 2.24) is 10.6 Å². The number of nitriles is 1. The van der Waals surface area contributed by atoms with Crippen LogP contribution in [0.25, 0.3) is 0 Å². The molecule has 5 nitrogen and oxygen atoms in total. The minimum Gasteiger partial charge on any atom is -0.489 e. The molecule has 2 aromatic carbocycles. The molecule has 2 N–H and O–H groups in total. The Kier molecular flexibility index (Phi) is 10.2. The summed E-state index contributed by atoms with van der Waals surface area (Å²) in [4.78, 5) is 4.35. The Labute approximate surface area is 180 Å². The summed E-state index contributed by atoms with van der Waals surface area (Å²) < 4.78 is 32.5. The molecule has 150 valence electrons. The third kappa shape index (κ3) is 7.68. The highest BCUT2D eigenvalue weighted by Crippen LogP contribution is 2.13. The highest BCUT2D eigenvalue weighted by Gasteiger charge is 2.07. The molecule has 0 aliphatic rings. The highest BCUT2D eigenvalue weighted by molar-refractivity contribution is 14.0. The van der Waals surface area contributed by atoms with Crippen LogP contribution in [-0.4, -0.2) is 25.2 Å². The predicted molar refractivity (Wildman–Crippen MR) is 116 cm³/mol. The van der Waals surface area contributed by atoms with E-state index in [-0.39, 0.29) is 42.4 Å². The van der Waals surface area contributed by atoms with Crippen molar-refractivity contribution in [1.29, 1.82) is 5.26 Å². The Morgan fingerprint density at radius 1 is 1.18 bits per heavy atom. The molecule has 0 amide bonds. The largest absolute Gasteiger partial charge is 0.489 e. The number of guanidine groups is 1. The Morgan fingerprint density at radius 2 is 1.89 bits per heavy atom. The molecular weight excluding hydrogens is 477 g/mol. The van der Waals surface area contributed by atoms with Gasteiger partial charge < -0.3 is 15.4 Å². The average molecular weight is 500 g/mol. The molecule has 0 radical (unpaired) electrons. The molecule has 0 heterocycles. The summed E-state index contributed by atoms with van der Waals surface area (Å²) in [6.45, 7) is 4.98. The fourth-order valence-corrected chi connectivity index (χ4v) is 2.30. The van der Waals surface area contributed by atoms with Crippen LogP contribution in [0.2, 0.25) is 0 Å². The maximum absolute atomic E-state index is 13.9. The number of benzene rings is 2. The SMILES string of the molecule is CCNC(=NCc1cc(C#N)ccc1F)NCC(C)Oc1ccc(F)cc1.I. The van der Waals surface area contributed by atoms with E-state index in [2.05, 4.69) is 15.6 Å². The molecule has 2 aromatic rings. The summed E-state index contributed by atoms with van der Waals surface area (Å²) in [7, 11) is 0. The van der Waals surface area contributed by atoms with E-state index in [0.29, 0.717) is 35.9 Å². The lowest BCUT2D eigenvalue weighted by Gasteiger charge is -2.17. The minimum absolute atomic E-state index is 0. The number of hydrogen-bond acceptors (Lipinski definition) is 3. The standard InChI is InChI=1S/C20H22F2N4O.HI/c1-3-24-20(26-13-16-10-15(11-23)4-9-19(16)22)25-12-14(2)27-18-7-5-17(21)6-8-18;/h4-10,14H,3,12-13H2,1-2H3,(H2,24,25,26);1H. The molecule has 0 aliphatic carbocycles. The second-order valence-corrected chi connectivity index (χ2v) is 5.88. The molecular formula is C20H23F2IN4O. The van der Waals surface area contributed by atoms with Crippen LogP contribution in [0.4, 0.5) is 8.78 Å². The van der Waals surface area contributed by atoms with E-state index in [1.165, 1.54) is 30.3 Å². The van der Waals surface area contributed by atoms with E-state index >= 15 is 0 Å². The van der Waals surface area contributed by atoms with Gasteiger partial charge in [-0.05, 0) is 56.3 Å². The van der Waals surface area contributed by atoms with E-state index < -0.39 is 5.82 Å². The van der Waals surface area contributed by atoms with Crippen LogP contribution in [0, 0.1) is 23.0 Å². The van der Waals surface area contributed by atoms with E-state index in [1.54, 1.807) is 12.1 Å². The highest BCUT2D eigenvalue weighted by atomic mass is 127. The monoisotopic (exact) mass is 500 g/mol. The van der Waals surface area contributed by atoms with Crippen molar-refractivity contribution in [2.24, 2.45) is 4.99 Å². The van der Waals surface area contributed by atoms with Gasteiger partial charge in [0.1, 0.15) is 23.5 Å². The fourth-order valence-electron chi connectivity index (χ4n) is 2.30. The van der Waals surface area contributed by atoms with Crippen molar-refractivity contribution in [3.05, 3.63) is 65.2 Å². The molecule has 0 saturated carbocycles. The van der Waals surface area contributed by atoms with Gasteiger partial charge in [0.15, 0.2) is 5.96 Å². The molecule has 0 spiro atoms. The van der Waals surface area contributed by atoms with Gasteiger partial charge in [-0.25, -0.2) is 13.8 Å². The molecule has 0 bridgehead atoms. The second-order valence-electron chi connectivity index (χ2n) is 5.88. The van der Waals surface area contributed by atoms with Crippen LogP contribution in [0.15, 0.2) is 47.5 Å². The quantitative estimate of drug-likeness (QED) is 0.343. The molecule has 0 fully saturated rings. The topological polar surface area (TPSA) is 69.4 Å². The van der Waals surface area contributed by atoms with Crippen LogP contribution in [0.3, 0.4) is 0 Å². The van der Waals surface area contributed by atoms with Crippen LogP contribution < -0.4 is 15.4 Å². The van der Waals surface area contributed by atoms with Crippen molar-refractivity contribution in [3.8, 4) is 11.8 Å². The zero-order chi connectivity index (χ0) is 19.6. The lowest BCUT2D eigenvalue weighted by Crippen LogP contribution is -2.41. The maximum Gasteiger partial charge on any atom is 0.191 e. The molecule has 0 aliphatic heterocycles. The molecule has 0 aromatic heterocycles. The van der Waals surface area contributed by atoms with Crippen molar-refractivity contribution < 1.29 is 13.5 Å². The van der Waals surface area contributed by atoms with Gasteiger partial charge in [-0.2, -0.15) is 5.26 Å². The lowest BCUT2D eigenvalue weighted by atomic mass is 10.1. The van der Waals surface area contributed by atoms with Crippen molar-refractivity contribution in [3.63, 3.8) is 0 Å². The van der Waals surface area contributed by atoms with Gasteiger partial charge in [-0.15, -0.1) is 24.0 Å². The summed E-state index contributed by atoms with van der Waals surface area (Å²) in [5, 5.41) is 15.1. The zero-order valence-corrected chi connectivity index (χ0v) is 18.0. The molecule has 8 heteroatoms. The van der Waals surface area contributed by atoms with Crippen molar-refractivity contribution >= 4 is 29.9 Å². The van der Waals surface area contributed by atoms with Gasteiger partial charge in [-0.1, -0.05) is 0 Å². The smallest absolute Gasteiger partial charge is 0.191 e. The molecule has 2 rings (SSSR count). The maximum atomic E-state index is 13.9. The van der Waals surface area contributed by atoms with Crippen LogP contribution >= 0.6 is 24.0 Å². The Bertz CT molecular complexity index is 822. The number of aliphatic imine (C=N–C) groups is 1. The van der Waals surface area contributed by atoms with E-state index in [0.717, 1.165) is 0 Å². The fraction of sp³-hybridized carbons (Fsp3) is 0.300. The van der Waals surface area contributed by atoms with Crippen LogP contribution in [0.5, 0.6) is 5.75 Å². The Hall–Kier alpha value is -2.41. The van der Waals surface area contributed by atoms with E-state index in [4.69, 9.17) is 10.00 Å². The predicted octanol–water partition coefficient (Wildman–Crippen LogP) is 3.98. The van der Waals surface area contributed by atoms with Crippen LogP contribution in [0.1, 0.15) is 25.0 Å². The van der Waals surface area contributed by atoms with Gasteiger partial charge >= 0.3 is 0 Å². The number of ether oxygens (including phenoxy) is 1. The zero-order valence-electron chi connectivity index (χ0n) is 15.7. The van der Waals surface area contributed by atoms with E-state index in [1.807, 2.05) is 19.9 Å². The van der Waals surface area contributed by atoms with Gasteiger partial charge in [0.25, 0.3) is 0 Å². The Balaban J connectivity index is 0.00000392. The molecule has 28 heavy (non-hydrogen) atoms. The molecule has 0 saturated heterocycles. The number of hydrogen-bond donors (Lipinski definition) is 2. The summed E-state index contributed by atoms with van der Waals surface area (Å²) in [6, 6.07) is 12.0. The van der Waals surface area contributed by atoms with Gasteiger partial charge in [-0.3, -0.25) is 0 Å². The summed E-state index contributed by atoms with van der Waals surface area (Å²) in [6.07, 6.45) is -0.196. The summed E-state index contributed by atoms with van der Waals surface area (Å²) in [5.41, 5.74) is 0.739. The normalized spacial score (nSPS) is 11.8. The first-order chi connectivity index (χ1) is 13.0. The third-order valence-electron chi connectivity index (χ3n) is 3.63. The van der Waals surface area contributed by atoms with Crippen molar-refractivity contribution in [2.75, 3.05) is 13.1 Å². The van der Waals surface area contributed by atoms with Gasteiger partial charge in [0, 0.05) is 12.1 Å². The van der Waals surface area contributed by atoms with Gasteiger partial charge in [0.05, 0.1) is 24.7 Å². The third-order valence-corrected chi connectivity index (χ3v) is 3.63. The first-order valence-electron chi connectivity index (χ1n) is 8.64. The second kappa shape index (κ2) is 12.1. The number of nitrogens with zero attached hydrogens (tertiary/aromatic N) is 2. The number of rotatable bonds is 7. The Morgan fingerprint density at radius 3 is 2.54 bits per heavy atom. The first kappa shape index (κ1) is 23.6. The number of nitrogens with one attached hydrogen (secondary N) is 2. The molecule has 1 atom stereocenters. The minimum atomic E-state index is -0.401.